The lowest BCUT2D eigenvalue weighted by molar-refractivity contribution is -0.161. The third-order valence-corrected chi connectivity index (χ3v) is 2.21. The molecule has 2 nitrogen and oxygen atoms in total. The number of amides is 1. The Morgan fingerprint density at radius 3 is 2.36 bits per heavy atom. The molecule has 0 bridgehead atoms. The third-order valence-electron chi connectivity index (χ3n) is 1.65. The first-order chi connectivity index (χ1) is 6.40. The van der Waals surface area contributed by atoms with E-state index >= 15 is 0 Å². The quantitative estimate of drug-likeness (QED) is 0.707. The Balaban J connectivity index is 4.04. The summed E-state index contributed by atoms with van der Waals surface area (Å²) in [5.74, 6) is -0.846. The molecule has 0 fully saturated rings. The van der Waals surface area contributed by atoms with E-state index in [9.17, 15) is 18.0 Å². The Morgan fingerprint density at radius 1 is 1.43 bits per heavy atom. The van der Waals surface area contributed by atoms with Gasteiger partial charge in [0, 0.05) is 18.4 Å². The summed E-state index contributed by atoms with van der Waals surface area (Å²) in [5.41, 5.74) is 0. The number of rotatable bonds is 5. The van der Waals surface area contributed by atoms with E-state index in [1.54, 1.807) is 6.92 Å². The summed E-state index contributed by atoms with van der Waals surface area (Å²) < 4.78 is 35.6. The fourth-order valence-electron chi connectivity index (χ4n) is 0.993. The fourth-order valence-corrected chi connectivity index (χ4v) is 1.24. The molecule has 0 spiro atoms. The van der Waals surface area contributed by atoms with Crippen LogP contribution in [-0.4, -0.2) is 35.4 Å². The maximum absolute atomic E-state index is 11.9. The van der Waals surface area contributed by atoms with Gasteiger partial charge in [0.15, 0.2) is 0 Å². The number of hydrogen-bond acceptors (Lipinski definition) is 1. The van der Waals surface area contributed by atoms with E-state index in [1.807, 2.05) is 0 Å². The van der Waals surface area contributed by atoms with Crippen molar-refractivity contribution in [2.24, 2.45) is 0 Å². The van der Waals surface area contributed by atoms with Gasteiger partial charge in [0.2, 0.25) is 5.91 Å². The third kappa shape index (κ3) is 6.23. The van der Waals surface area contributed by atoms with E-state index in [4.69, 9.17) is 0 Å². The van der Waals surface area contributed by atoms with Crippen LogP contribution in [0.1, 0.15) is 19.8 Å². The highest BCUT2D eigenvalue weighted by molar-refractivity contribution is 9.09. The molecule has 14 heavy (non-hydrogen) atoms. The van der Waals surface area contributed by atoms with Crippen LogP contribution in [0.3, 0.4) is 0 Å². The number of carbonyl (C=O) groups is 1. The number of nitrogens with zero attached hydrogens (tertiary/aromatic N) is 1. The van der Waals surface area contributed by atoms with Gasteiger partial charge in [0.05, 0.1) is 0 Å². The molecule has 0 N–H and O–H groups in total. The smallest absolute Gasteiger partial charge is 0.343 e. The van der Waals surface area contributed by atoms with Gasteiger partial charge >= 0.3 is 6.18 Å². The summed E-state index contributed by atoms with van der Waals surface area (Å²) in [6.45, 7) is 2.36. The standard InChI is InChI=1S/C8H13BrF3NO/c1-2-13(5-3-4-9)7(14)6-8(10,11)12/h2-6H2,1H3. The van der Waals surface area contributed by atoms with Crippen LogP contribution in [0.25, 0.3) is 0 Å². The molecule has 0 aliphatic heterocycles. The van der Waals surface area contributed by atoms with Crippen molar-refractivity contribution in [1.82, 2.24) is 4.90 Å². The Labute approximate surface area is 89.6 Å². The first kappa shape index (κ1) is 13.7. The minimum absolute atomic E-state index is 0.321. The molecule has 0 aliphatic rings. The molecule has 0 aromatic heterocycles. The molecule has 0 unspecified atom stereocenters. The van der Waals surface area contributed by atoms with Crippen molar-refractivity contribution >= 4 is 21.8 Å². The second-order valence-electron chi connectivity index (χ2n) is 2.81. The highest BCUT2D eigenvalue weighted by Gasteiger charge is 2.32. The summed E-state index contributed by atoms with van der Waals surface area (Å²) >= 11 is 3.16. The van der Waals surface area contributed by atoms with Crippen LogP contribution in [-0.2, 0) is 4.79 Å². The molecule has 0 saturated carbocycles. The minimum Gasteiger partial charge on any atom is -0.343 e. The van der Waals surface area contributed by atoms with Crippen molar-refractivity contribution in [3.63, 3.8) is 0 Å². The predicted molar refractivity (Wildman–Crippen MR) is 51.3 cm³/mol. The van der Waals surface area contributed by atoms with Crippen molar-refractivity contribution in [1.29, 1.82) is 0 Å². The van der Waals surface area contributed by atoms with Crippen LogP contribution in [0, 0.1) is 0 Å². The summed E-state index contributed by atoms with van der Waals surface area (Å²) in [4.78, 5) is 12.3. The van der Waals surface area contributed by atoms with E-state index in [2.05, 4.69) is 15.9 Å². The molecule has 0 saturated heterocycles. The van der Waals surface area contributed by atoms with Crippen molar-refractivity contribution in [2.45, 2.75) is 25.9 Å². The number of carbonyl (C=O) groups excluding carboxylic acids is 1. The molecular formula is C8H13BrF3NO. The lowest BCUT2D eigenvalue weighted by Gasteiger charge is -2.21. The van der Waals surface area contributed by atoms with Crippen molar-refractivity contribution in [3.8, 4) is 0 Å². The van der Waals surface area contributed by atoms with Crippen LogP contribution in [0.4, 0.5) is 13.2 Å². The molecule has 0 aliphatic carbocycles. The molecule has 0 atom stereocenters. The van der Waals surface area contributed by atoms with E-state index in [1.165, 1.54) is 4.90 Å². The maximum Gasteiger partial charge on any atom is 0.397 e. The van der Waals surface area contributed by atoms with E-state index in [-0.39, 0.29) is 0 Å². The van der Waals surface area contributed by atoms with Gasteiger partial charge in [0.1, 0.15) is 6.42 Å². The van der Waals surface area contributed by atoms with Gasteiger partial charge < -0.3 is 4.90 Å². The van der Waals surface area contributed by atoms with Gasteiger partial charge in [-0.2, -0.15) is 13.2 Å². The monoisotopic (exact) mass is 275 g/mol. The Morgan fingerprint density at radius 2 is 2.00 bits per heavy atom. The van der Waals surface area contributed by atoms with Crippen LogP contribution in [0.2, 0.25) is 0 Å². The van der Waals surface area contributed by atoms with Gasteiger partial charge in [-0.25, -0.2) is 0 Å². The van der Waals surface area contributed by atoms with Crippen LogP contribution < -0.4 is 0 Å². The molecule has 0 radical (unpaired) electrons. The van der Waals surface area contributed by atoms with Gasteiger partial charge in [-0.15, -0.1) is 0 Å². The SMILES string of the molecule is CCN(CCCBr)C(=O)CC(F)(F)F. The molecule has 6 heteroatoms. The van der Waals surface area contributed by atoms with Gasteiger partial charge in [0.25, 0.3) is 0 Å². The van der Waals surface area contributed by atoms with Gasteiger partial charge in [-0.1, -0.05) is 15.9 Å². The summed E-state index contributed by atoms with van der Waals surface area (Å²) in [7, 11) is 0. The molecule has 0 aromatic rings. The second-order valence-corrected chi connectivity index (χ2v) is 3.60. The molecule has 1 amide bonds. The number of alkyl halides is 4. The zero-order chi connectivity index (χ0) is 11.2. The van der Waals surface area contributed by atoms with E-state index < -0.39 is 18.5 Å². The zero-order valence-electron chi connectivity index (χ0n) is 7.90. The summed E-state index contributed by atoms with van der Waals surface area (Å²) in [5, 5.41) is 0.683. The highest BCUT2D eigenvalue weighted by Crippen LogP contribution is 2.20. The fraction of sp³-hybridized carbons (Fsp3) is 0.875. The number of halogens is 4. The summed E-state index contributed by atoms with van der Waals surface area (Å²) in [6, 6.07) is 0. The minimum atomic E-state index is -4.40. The Kier molecular flexibility index (Phi) is 6.15. The van der Waals surface area contributed by atoms with Crippen LogP contribution in [0.15, 0.2) is 0 Å². The lowest BCUT2D eigenvalue weighted by Crippen LogP contribution is -2.34. The topological polar surface area (TPSA) is 20.3 Å². The molecule has 0 aromatic carbocycles. The normalized spacial score (nSPS) is 11.5. The second kappa shape index (κ2) is 6.27. The molecular weight excluding hydrogens is 263 g/mol. The average Bonchev–Trinajstić information content (AvgIpc) is 2.02. The van der Waals surface area contributed by atoms with Crippen LogP contribution in [0.5, 0.6) is 0 Å². The molecule has 0 heterocycles. The zero-order valence-corrected chi connectivity index (χ0v) is 9.49. The van der Waals surface area contributed by atoms with E-state index in [0.717, 1.165) is 0 Å². The number of hydrogen-bond donors (Lipinski definition) is 0. The summed E-state index contributed by atoms with van der Waals surface area (Å²) in [6.07, 6.45) is -5.10. The largest absolute Gasteiger partial charge is 0.397 e. The van der Waals surface area contributed by atoms with Crippen molar-refractivity contribution in [2.75, 3.05) is 18.4 Å². The first-order valence-electron chi connectivity index (χ1n) is 4.31. The lowest BCUT2D eigenvalue weighted by atomic mass is 10.3. The predicted octanol–water partition coefficient (Wildman–Crippen LogP) is 2.57. The average molecular weight is 276 g/mol. The van der Waals surface area contributed by atoms with Gasteiger partial charge in [-0.3, -0.25) is 4.79 Å². The van der Waals surface area contributed by atoms with Crippen molar-refractivity contribution in [3.05, 3.63) is 0 Å². The first-order valence-corrected chi connectivity index (χ1v) is 5.43. The Hall–Kier alpha value is -0.260. The molecule has 0 rings (SSSR count). The maximum atomic E-state index is 11.9. The van der Waals surface area contributed by atoms with Crippen LogP contribution >= 0.6 is 15.9 Å². The van der Waals surface area contributed by atoms with E-state index in [0.29, 0.717) is 24.8 Å². The molecule has 84 valence electrons. The highest BCUT2D eigenvalue weighted by atomic mass is 79.9. The van der Waals surface area contributed by atoms with Gasteiger partial charge in [-0.05, 0) is 13.3 Å². The van der Waals surface area contributed by atoms with Crippen molar-refractivity contribution < 1.29 is 18.0 Å². The Bertz CT molecular complexity index is 184.